The average molecular weight is 180 g/mol. The van der Waals surface area contributed by atoms with E-state index in [-0.39, 0.29) is 24.6 Å². The van der Waals surface area contributed by atoms with Gasteiger partial charge in [-0.1, -0.05) is 12.2 Å². The minimum Gasteiger partial charge on any atom is -0.396 e. The van der Waals surface area contributed by atoms with Crippen molar-refractivity contribution in [2.24, 2.45) is 5.73 Å². The fourth-order valence-electron chi connectivity index (χ4n) is 0.579. The Morgan fingerprint density at radius 3 is 2.27 bits per heavy atom. The zero-order valence-electron chi connectivity index (χ0n) is 7.21. The number of rotatable bonds is 4. The second-order valence-electron chi connectivity index (χ2n) is 3.18. The molecule has 3 heteroatoms. The molecule has 0 aliphatic heterocycles. The first-order chi connectivity index (χ1) is 4.56. The molecule has 0 spiro atoms. The largest absolute Gasteiger partial charge is 0.396 e. The lowest BCUT2D eigenvalue weighted by Gasteiger charge is -2.14. The Morgan fingerprint density at radius 1 is 1.36 bits per heavy atom. The van der Waals surface area contributed by atoms with E-state index < -0.39 is 0 Å². The van der Waals surface area contributed by atoms with E-state index in [1.165, 1.54) is 0 Å². The fraction of sp³-hybridized carbons (Fsp3) is 0.750. The number of nitrogens with two attached hydrogens (primary N) is 1. The summed E-state index contributed by atoms with van der Waals surface area (Å²) in [6.07, 6.45) is 5.56. The van der Waals surface area contributed by atoms with E-state index in [1.807, 2.05) is 26.0 Å². The first-order valence-electron chi connectivity index (χ1n) is 3.61. The highest BCUT2D eigenvalue weighted by atomic mass is 35.5. The zero-order chi connectivity index (χ0) is 8.04. The number of hydrogen-bond donors (Lipinski definition) is 2. The van der Waals surface area contributed by atoms with Crippen LogP contribution in [0.3, 0.4) is 0 Å². The smallest absolute Gasteiger partial charge is 0.0465 e. The Bertz CT molecular complexity index is 107. The molecule has 0 unspecified atom stereocenters. The summed E-state index contributed by atoms with van der Waals surface area (Å²) in [7, 11) is 0. The Balaban J connectivity index is 0. The molecule has 0 saturated heterocycles. The van der Waals surface area contributed by atoms with E-state index in [2.05, 4.69) is 0 Å². The van der Waals surface area contributed by atoms with Crippen molar-refractivity contribution in [3.05, 3.63) is 12.2 Å². The van der Waals surface area contributed by atoms with Gasteiger partial charge in [-0.3, -0.25) is 0 Å². The van der Waals surface area contributed by atoms with Crippen LogP contribution in [-0.2, 0) is 0 Å². The van der Waals surface area contributed by atoms with Crippen molar-refractivity contribution in [3.63, 3.8) is 0 Å². The van der Waals surface area contributed by atoms with E-state index >= 15 is 0 Å². The predicted octanol–water partition coefficient (Wildman–Crippen LogP) is 1.47. The molecule has 0 fully saturated rings. The van der Waals surface area contributed by atoms with Gasteiger partial charge in [-0.15, -0.1) is 12.4 Å². The number of aliphatic hydroxyl groups is 1. The fourth-order valence-corrected chi connectivity index (χ4v) is 0.579. The zero-order valence-corrected chi connectivity index (χ0v) is 8.03. The normalized spacial score (nSPS) is 11.6. The minimum absolute atomic E-state index is 0. The topological polar surface area (TPSA) is 46.2 Å². The Kier molecular flexibility index (Phi) is 8.18. The van der Waals surface area contributed by atoms with Crippen molar-refractivity contribution >= 4 is 12.4 Å². The summed E-state index contributed by atoms with van der Waals surface area (Å²) >= 11 is 0. The first kappa shape index (κ1) is 13.5. The summed E-state index contributed by atoms with van der Waals surface area (Å²) in [6.45, 7) is 4.19. The highest BCUT2D eigenvalue weighted by Crippen LogP contribution is 2.03. The number of aliphatic hydroxyl groups excluding tert-OH is 1. The summed E-state index contributed by atoms with van der Waals surface area (Å²) < 4.78 is 0. The molecular weight excluding hydrogens is 162 g/mol. The number of halogens is 1. The van der Waals surface area contributed by atoms with Crippen LogP contribution in [0.4, 0.5) is 0 Å². The maximum Gasteiger partial charge on any atom is 0.0465 e. The summed E-state index contributed by atoms with van der Waals surface area (Å²) in [5.41, 5.74) is 5.58. The second kappa shape index (κ2) is 6.65. The van der Waals surface area contributed by atoms with Crippen LogP contribution in [0.2, 0.25) is 0 Å². The van der Waals surface area contributed by atoms with Crippen LogP contribution in [0.1, 0.15) is 26.7 Å². The van der Waals surface area contributed by atoms with E-state index in [9.17, 15) is 0 Å². The third-order valence-corrected chi connectivity index (χ3v) is 1.11. The monoisotopic (exact) mass is 179 g/mol. The van der Waals surface area contributed by atoms with Crippen molar-refractivity contribution in [1.29, 1.82) is 0 Å². The quantitative estimate of drug-likeness (QED) is 0.643. The van der Waals surface area contributed by atoms with Crippen LogP contribution >= 0.6 is 12.4 Å². The highest BCUT2D eigenvalue weighted by Gasteiger charge is 2.05. The van der Waals surface area contributed by atoms with Gasteiger partial charge < -0.3 is 10.8 Å². The molecule has 0 aromatic heterocycles. The lowest BCUT2D eigenvalue weighted by Crippen LogP contribution is -2.30. The standard InChI is InChI=1S/C8H17NO.ClH/c1-8(2,9)6-4-3-5-7-10;/h3-4,10H,5-7,9H2,1-2H3;1H/b4-3-;. The van der Waals surface area contributed by atoms with Crippen molar-refractivity contribution in [1.82, 2.24) is 0 Å². The van der Waals surface area contributed by atoms with Crippen molar-refractivity contribution in [3.8, 4) is 0 Å². The van der Waals surface area contributed by atoms with Crippen LogP contribution in [0.15, 0.2) is 12.2 Å². The molecule has 0 radical (unpaired) electrons. The maximum atomic E-state index is 8.41. The molecule has 0 aromatic rings. The van der Waals surface area contributed by atoms with Gasteiger partial charge in [0.2, 0.25) is 0 Å². The Labute approximate surface area is 74.9 Å². The van der Waals surface area contributed by atoms with Gasteiger partial charge in [0.15, 0.2) is 0 Å². The Morgan fingerprint density at radius 2 is 1.91 bits per heavy atom. The molecule has 3 N–H and O–H groups in total. The van der Waals surface area contributed by atoms with Gasteiger partial charge in [0, 0.05) is 12.1 Å². The molecule has 0 saturated carbocycles. The van der Waals surface area contributed by atoms with Gasteiger partial charge >= 0.3 is 0 Å². The molecule has 0 amide bonds. The summed E-state index contributed by atoms with van der Waals surface area (Å²) in [5.74, 6) is 0. The van der Waals surface area contributed by atoms with Crippen molar-refractivity contribution < 1.29 is 5.11 Å². The number of hydrogen-bond acceptors (Lipinski definition) is 2. The lowest BCUT2D eigenvalue weighted by molar-refractivity contribution is 0.302. The van der Waals surface area contributed by atoms with Gasteiger partial charge in [-0.2, -0.15) is 0 Å². The van der Waals surface area contributed by atoms with Crippen LogP contribution in [0, 0.1) is 0 Å². The molecule has 68 valence electrons. The predicted molar refractivity (Wildman–Crippen MR) is 51.0 cm³/mol. The molecule has 0 aromatic carbocycles. The first-order valence-corrected chi connectivity index (χ1v) is 3.61. The second-order valence-corrected chi connectivity index (χ2v) is 3.18. The summed E-state index contributed by atoms with van der Waals surface area (Å²) in [4.78, 5) is 0. The van der Waals surface area contributed by atoms with Crippen molar-refractivity contribution in [2.75, 3.05) is 6.61 Å². The van der Waals surface area contributed by atoms with E-state index in [1.54, 1.807) is 0 Å². The van der Waals surface area contributed by atoms with Gasteiger partial charge in [0.25, 0.3) is 0 Å². The molecule has 2 nitrogen and oxygen atoms in total. The van der Waals surface area contributed by atoms with Crippen molar-refractivity contribution in [2.45, 2.75) is 32.2 Å². The molecule has 0 bridgehead atoms. The lowest BCUT2D eigenvalue weighted by atomic mass is 10.0. The molecule has 0 aliphatic carbocycles. The van der Waals surface area contributed by atoms with Gasteiger partial charge in [-0.25, -0.2) is 0 Å². The SMILES string of the molecule is CC(C)(N)C/C=C\CCO.Cl. The molecule has 0 atom stereocenters. The third kappa shape index (κ3) is 13.0. The highest BCUT2D eigenvalue weighted by molar-refractivity contribution is 5.85. The molecule has 11 heavy (non-hydrogen) atoms. The molecular formula is C8H18ClNO. The molecule has 0 rings (SSSR count). The minimum atomic E-state index is -0.119. The third-order valence-electron chi connectivity index (χ3n) is 1.11. The summed E-state index contributed by atoms with van der Waals surface area (Å²) in [5, 5.41) is 8.41. The van der Waals surface area contributed by atoms with Crippen LogP contribution in [0.25, 0.3) is 0 Å². The van der Waals surface area contributed by atoms with E-state index in [0.717, 1.165) is 12.8 Å². The van der Waals surface area contributed by atoms with E-state index in [4.69, 9.17) is 10.8 Å². The average Bonchev–Trinajstić information content (AvgIpc) is 1.78. The van der Waals surface area contributed by atoms with Gasteiger partial charge in [-0.05, 0) is 26.7 Å². The molecule has 0 aliphatic rings. The van der Waals surface area contributed by atoms with Gasteiger partial charge in [0.05, 0.1) is 0 Å². The summed E-state index contributed by atoms with van der Waals surface area (Å²) in [6, 6.07) is 0. The molecule has 0 heterocycles. The van der Waals surface area contributed by atoms with Crippen LogP contribution in [-0.4, -0.2) is 17.3 Å². The van der Waals surface area contributed by atoms with Crippen LogP contribution < -0.4 is 5.73 Å². The van der Waals surface area contributed by atoms with Crippen LogP contribution in [0.5, 0.6) is 0 Å². The Hall–Kier alpha value is -0.0500. The maximum absolute atomic E-state index is 8.41. The van der Waals surface area contributed by atoms with E-state index in [0.29, 0.717) is 0 Å². The van der Waals surface area contributed by atoms with Gasteiger partial charge in [0.1, 0.15) is 0 Å².